The molecule has 3 fully saturated rings. The molecule has 2 N–H and O–H groups in total. The van der Waals surface area contributed by atoms with Crippen LogP contribution in [0.3, 0.4) is 0 Å². The number of piperidine rings is 3. The molecule has 332 valence electrons. The highest BCUT2D eigenvalue weighted by Crippen LogP contribution is 2.42. The van der Waals surface area contributed by atoms with E-state index in [0.29, 0.717) is 52.1 Å². The Labute approximate surface area is 376 Å². The molecule has 5 aromatic rings. The number of imide groups is 1. The van der Waals surface area contributed by atoms with Crippen LogP contribution in [0.1, 0.15) is 78.3 Å². The van der Waals surface area contributed by atoms with Crippen molar-refractivity contribution in [1.82, 2.24) is 39.8 Å². The first-order valence-electron chi connectivity index (χ1n) is 22.4. The maximum Gasteiger partial charge on any atom is 0.255 e. The van der Waals surface area contributed by atoms with Gasteiger partial charge in [-0.3, -0.25) is 34.2 Å². The van der Waals surface area contributed by atoms with Gasteiger partial charge in [0.25, 0.3) is 11.8 Å². The van der Waals surface area contributed by atoms with Crippen molar-refractivity contribution < 1.29 is 23.6 Å². The summed E-state index contributed by atoms with van der Waals surface area (Å²) in [6.45, 7) is 11.3. The molecule has 5 aliphatic heterocycles. The van der Waals surface area contributed by atoms with Gasteiger partial charge in [0.05, 0.1) is 10.7 Å². The molecule has 2 aromatic carbocycles. The summed E-state index contributed by atoms with van der Waals surface area (Å²) in [5.74, 6) is 0.529. The molecule has 16 heteroatoms. The fourth-order valence-electron chi connectivity index (χ4n) is 10.5. The lowest BCUT2D eigenvalue weighted by atomic mass is 9.89. The maximum absolute atomic E-state index is 15.2. The first-order chi connectivity index (χ1) is 30.8. The zero-order valence-corrected chi connectivity index (χ0v) is 37.2. The van der Waals surface area contributed by atoms with Gasteiger partial charge in [0.15, 0.2) is 5.82 Å². The maximum atomic E-state index is 15.2. The molecule has 3 aromatic heterocycles. The van der Waals surface area contributed by atoms with Crippen LogP contribution in [-0.4, -0.2) is 109 Å². The molecule has 5 aliphatic rings. The SMILES string of the molecule is Cc1cc(C)c(-c2cc3cc(Nc4cc5n(n4)CC(=O)N(C4CCN(CC6CCN(c7ccc8c(c7Cl)CN(C7(C)CCC(=O)NC7=O)C8=O)CC6)CC4)CC5)ncc3cc2F)cn1. The highest BCUT2D eigenvalue weighted by Gasteiger charge is 2.49. The Kier molecular flexibility index (Phi) is 10.9. The van der Waals surface area contributed by atoms with Gasteiger partial charge in [-0.05, 0) is 106 Å². The number of carbonyl (C=O) groups is 4. The number of aryl methyl sites for hydroxylation is 2. The fraction of sp³-hybridized carbons (Fsp3) is 0.438. The van der Waals surface area contributed by atoms with E-state index < -0.39 is 11.4 Å². The third-order valence-corrected chi connectivity index (χ3v) is 14.8. The summed E-state index contributed by atoms with van der Waals surface area (Å²) in [4.78, 5) is 69.3. The molecule has 64 heavy (non-hydrogen) atoms. The number of likely N-dealkylation sites (tertiary alicyclic amines) is 1. The summed E-state index contributed by atoms with van der Waals surface area (Å²) >= 11 is 7.02. The number of aromatic nitrogens is 4. The Hall–Kier alpha value is -5.93. The van der Waals surface area contributed by atoms with Gasteiger partial charge in [0.1, 0.15) is 23.7 Å². The molecule has 1 atom stereocenters. The Balaban J connectivity index is 0.706. The molecule has 4 amide bonds. The monoisotopic (exact) mass is 886 g/mol. The van der Waals surface area contributed by atoms with Crippen LogP contribution in [0.2, 0.25) is 5.02 Å². The van der Waals surface area contributed by atoms with E-state index in [1.165, 1.54) is 6.07 Å². The summed E-state index contributed by atoms with van der Waals surface area (Å²) in [5, 5.41) is 12.6. The quantitative estimate of drug-likeness (QED) is 0.164. The van der Waals surface area contributed by atoms with Crippen LogP contribution in [-0.2, 0) is 33.9 Å². The third-order valence-electron chi connectivity index (χ3n) is 14.3. The number of fused-ring (bicyclic) bond motifs is 3. The average Bonchev–Trinajstić information content (AvgIpc) is 3.78. The molecule has 0 radical (unpaired) electrons. The molecule has 0 saturated carbocycles. The fourth-order valence-corrected chi connectivity index (χ4v) is 10.9. The third kappa shape index (κ3) is 7.76. The number of nitrogens with one attached hydrogen (secondary N) is 2. The van der Waals surface area contributed by atoms with Crippen molar-refractivity contribution in [3.8, 4) is 11.1 Å². The lowest BCUT2D eigenvalue weighted by Gasteiger charge is -2.41. The minimum atomic E-state index is -1.10. The topological polar surface area (TPSA) is 149 Å². The van der Waals surface area contributed by atoms with Crippen LogP contribution in [0.25, 0.3) is 21.9 Å². The lowest BCUT2D eigenvalue weighted by Crippen LogP contribution is -2.61. The van der Waals surface area contributed by atoms with Crippen molar-refractivity contribution in [3.05, 3.63) is 93.8 Å². The van der Waals surface area contributed by atoms with Crippen LogP contribution >= 0.6 is 11.6 Å². The summed E-state index contributed by atoms with van der Waals surface area (Å²) in [6.07, 6.45) is 8.49. The first kappa shape index (κ1) is 42.0. The van der Waals surface area contributed by atoms with E-state index in [9.17, 15) is 19.2 Å². The number of halogens is 2. The minimum absolute atomic E-state index is 0.0889. The molecular weight excluding hydrogens is 835 g/mol. The predicted octanol–water partition coefficient (Wildman–Crippen LogP) is 6.56. The molecule has 10 rings (SSSR count). The normalized spacial score (nSPS) is 21.4. The van der Waals surface area contributed by atoms with E-state index in [-0.39, 0.29) is 55.5 Å². The highest BCUT2D eigenvalue weighted by molar-refractivity contribution is 6.35. The van der Waals surface area contributed by atoms with Crippen LogP contribution in [0.15, 0.2) is 54.9 Å². The van der Waals surface area contributed by atoms with Crippen molar-refractivity contribution in [2.24, 2.45) is 5.92 Å². The Morgan fingerprint density at radius 1 is 0.844 bits per heavy atom. The standard InChI is InChI=1S/C48H52ClFN10O4/c1-28-18-29(2)51-24-37(28)36-19-31-21-41(52-23-32(31)20-39(36)50)53-42-22-34-11-17-58(44(62)27-60(34)55-42)33-9-13-56(14-10-33)25-30-7-15-57(16-8-30)40-5-4-35-38(45(40)49)26-59(46(35)63)48(3)12-6-43(61)54-47(48)64/h4-5,18-24,30,33H,6-17,25-27H2,1-3H3,(H,52,53,55)(H,54,61,64). The van der Waals surface area contributed by atoms with Crippen LogP contribution in [0, 0.1) is 25.6 Å². The van der Waals surface area contributed by atoms with E-state index in [1.54, 1.807) is 28.9 Å². The van der Waals surface area contributed by atoms with Crippen LogP contribution in [0.5, 0.6) is 0 Å². The number of carbonyl (C=O) groups excluding carboxylic acids is 4. The van der Waals surface area contributed by atoms with Gasteiger partial charge in [-0.1, -0.05) is 11.6 Å². The van der Waals surface area contributed by atoms with E-state index in [0.717, 1.165) is 97.6 Å². The van der Waals surface area contributed by atoms with E-state index in [4.69, 9.17) is 16.7 Å². The van der Waals surface area contributed by atoms with Gasteiger partial charge in [0.2, 0.25) is 11.8 Å². The van der Waals surface area contributed by atoms with Crippen LogP contribution in [0.4, 0.5) is 21.7 Å². The summed E-state index contributed by atoms with van der Waals surface area (Å²) in [7, 11) is 0. The number of hydrogen-bond acceptors (Lipinski definition) is 10. The highest BCUT2D eigenvalue weighted by atomic mass is 35.5. The Morgan fingerprint density at radius 3 is 2.41 bits per heavy atom. The molecule has 0 aliphatic carbocycles. The Morgan fingerprint density at radius 2 is 1.64 bits per heavy atom. The number of benzene rings is 2. The summed E-state index contributed by atoms with van der Waals surface area (Å²) in [5.41, 5.74) is 5.16. The molecule has 1 unspecified atom stereocenters. The summed E-state index contributed by atoms with van der Waals surface area (Å²) < 4.78 is 17.0. The van der Waals surface area contributed by atoms with Gasteiger partial charge < -0.3 is 24.9 Å². The first-order valence-corrected chi connectivity index (χ1v) is 22.8. The Bertz CT molecular complexity index is 2730. The smallest absolute Gasteiger partial charge is 0.255 e. The number of nitrogens with zero attached hydrogens (tertiary/aromatic N) is 8. The number of hydrogen-bond donors (Lipinski definition) is 2. The predicted molar refractivity (Wildman–Crippen MR) is 242 cm³/mol. The van der Waals surface area contributed by atoms with Crippen LogP contribution < -0.4 is 15.5 Å². The van der Waals surface area contributed by atoms with Crippen molar-refractivity contribution >= 4 is 63.3 Å². The molecule has 3 saturated heterocycles. The molecular formula is C48H52ClFN10O4. The largest absolute Gasteiger partial charge is 0.370 e. The molecule has 0 spiro atoms. The van der Waals surface area contributed by atoms with E-state index in [1.807, 2.05) is 50.2 Å². The number of amides is 4. The van der Waals surface area contributed by atoms with Crippen molar-refractivity contribution in [2.75, 3.05) is 49.5 Å². The second-order valence-corrected chi connectivity index (χ2v) is 18.8. The zero-order valence-electron chi connectivity index (χ0n) is 36.4. The van der Waals surface area contributed by atoms with Gasteiger partial charge in [-0.2, -0.15) is 5.10 Å². The van der Waals surface area contributed by atoms with Gasteiger partial charge >= 0.3 is 0 Å². The summed E-state index contributed by atoms with van der Waals surface area (Å²) in [6, 6.07) is 13.1. The molecule has 8 heterocycles. The van der Waals surface area contributed by atoms with Gasteiger partial charge in [-0.25, -0.2) is 9.37 Å². The number of pyridine rings is 2. The molecule has 0 bridgehead atoms. The lowest BCUT2D eigenvalue weighted by molar-refractivity contribution is -0.142. The number of anilines is 3. The van der Waals surface area contributed by atoms with E-state index in [2.05, 4.69) is 35.3 Å². The van der Waals surface area contributed by atoms with E-state index >= 15 is 4.39 Å². The average molecular weight is 887 g/mol. The second kappa shape index (κ2) is 16.6. The molecule has 14 nitrogen and oxygen atoms in total. The zero-order chi connectivity index (χ0) is 44.4. The van der Waals surface area contributed by atoms with Gasteiger partial charge in [-0.15, -0.1) is 0 Å². The number of rotatable bonds is 8. The van der Waals surface area contributed by atoms with Crippen molar-refractivity contribution in [2.45, 2.75) is 90.4 Å². The minimum Gasteiger partial charge on any atom is -0.370 e. The van der Waals surface area contributed by atoms with Crippen molar-refractivity contribution in [3.63, 3.8) is 0 Å². The van der Waals surface area contributed by atoms with Gasteiger partial charge in [0, 0.05) is 122 Å². The second-order valence-electron chi connectivity index (χ2n) is 18.5. The van der Waals surface area contributed by atoms with Crippen molar-refractivity contribution in [1.29, 1.82) is 0 Å².